The normalized spacial score (nSPS) is 13.6. The number of fused-ring (bicyclic) bond motifs is 4. The SMILES string of the molecule is Cc1sc2c(c1C)C(c1ccc(-c3ccc(C(=O)NCc4ccc(S(=O)(=O)Nc5ccc(C)c6c(C#N)c[nH]c56)c(F)c4)cc3)cc1)=N[C@@H](CC(=O)O)c1nnc(C)n1-2. The number of aliphatic imine (C=N–C) groups is 1. The van der Waals surface area contributed by atoms with E-state index in [0.29, 0.717) is 45.0 Å². The Morgan fingerprint density at radius 2 is 1.66 bits per heavy atom. The second-order valence-corrected chi connectivity index (χ2v) is 17.1. The van der Waals surface area contributed by atoms with Crippen LogP contribution in [0.1, 0.15) is 72.7 Å². The second-order valence-electron chi connectivity index (χ2n) is 14.2. The average molecular weight is 827 g/mol. The third-order valence-electron chi connectivity index (χ3n) is 10.4. The molecule has 8 rings (SSSR count). The number of H-pyrrole nitrogens is 1. The first-order valence-corrected chi connectivity index (χ1v) is 20.7. The molecule has 0 saturated heterocycles. The lowest BCUT2D eigenvalue weighted by Crippen LogP contribution is -2.23. The molecule has 4 aromatic carbocycles. The molecule has 4 heterocycles. The van der Waals surface area contributed by atoms with Gasteiger partial charge < -0.3 is 15.4 Å². The first-order chi connectivity index (χ1) is 28.2. The number of carboxylic acids is 1. The Bertz CT molecular complexity index is 3030. The molecule has 1 atom stereocenters. The summed E-state index contributed by atoms with van der Waals surface area (Å²) in [5, 5.41) is 32.0. The number of nitriles is 1. The summed E-state index contributed by atoms with van der Waals surface area (Å²) < 4.78 is 46.1. The zero-order chi connectivity index (χ0) is 41.7. The van der Waals surface area contributed by atoms with Crippen molar-refractivity contribution in [3.8, 4) is 22.2 Å². The molecule has 1 aliphatic heterocycles. The molecule has 0 spiro atoms. The number of nitrogens with zero attached hydrogens (tertiary/aromatic N) is 5. The van der Waals surface area contributed by atoms with Crippen molar-refractivity contribution in [2.24, 2.45) is 4.99 Å². The van der Waals surface area contributed by atoms with Gasteiger partial charge in [0.1, 0.15) is 33.6 Å². The number of aromatic nitrogens is 4. The number of carbonyl (C=O) groups excluding carboxylic acids is 1. The van der Waals surface area contributed by atoms with Gasteiger partial charge in [0, 0.05) is 39.7 Å². The number of nitrogens with one attached hydrogen (secondary N) is 3. The van der Waals surface area contributed by atoms with Gasteiger partial charge in [-0.05, 0) is 85.8 Å². The van der Waals surface area contributed by atoms with Crippen LogP contribution in [0, 0.1) is 44.8 Å². The number of hydrogen-bond donors (Lipinski definition) is 4. The Hall–Kier alpha value is -6.96. The molecule has 1 aliphatic rings. The molecule has 0 bridgehead atoms. The number of carbonyl (C=O) groups is 2. The predicted molar refractivity (Wildman–Crippen MR) is 222 cm³/mol. The number of benzene rings is 4. The van der Waals surface area contributed by atoms with Gasteiger partial charge in [-0.2, -0.15) is 5.26 Å². The number of hydrogen-bond acceptors (Lipinski definition) is 9. The minimum atomic E-state index is -4.35. The van der Waals surface area contributed by atoms with Crippen molar-refractivity contribution in [2.45, 2.75) is 51.6 Å². The molecule has 0 fully saturated rings. The maximum atomic E-state index is 15.3. The molecule has 16 heteroatoms. The summed E-state index contributed by atoms with van der Waals surface area (Å²) in [5.74, 6) is -1.24. The van der Waals surface area contributed by atoms with Gasteiger partial charge in [0.2, 0.25) is 0 Å². The summed E-state index contributed by atoms with van der Waals surface area (Å²) in [6.45, 7) is 7.67. The molecule has 0 radical (unpaired) electrons. The minimum Gasteiger partial charge on any atom is -0.481 e. The monoisotopic (exact) mass is 826 g/mol. The number of halogens is 1. The Morgan fingerprint density at radius 1 is 0.966 bits per heavy atom. The Labute approximate surface area is 342 Å². The van der Waals surface area contributed by atoms with E-state index in [4.69, 9.17) is 4.99 Å². The van der Waals surface area contributed by atoms with E-state index in [1.165, 1.54) is 12.3 Å². The van der Waals surface area contributed by atoms with Crippen LogP contribution in [0.25, 0.3) is 27.0 Å². The molecule has 0 unspecified atom stereocenters. The highest BCUT2D eigenvalue weighted by atomic mass is 32.2. The van der Waals surface area contributed by atoms with E-state index in [1.54, 1.807) is 42.5 Å². The summed E-state index contributed by atoms with van der Waals surface area (Å²) in [5.41, 5.74) is 7.66. The first-order valence-electron chi connectivity index (χ1n) is 18.4. The minimum absolute atomic E-state index is 0.0513. The lowest BCUT2D eigenvalue weighted by atomic mass is 9.96. The molecule has 13 nitrogen and oxygen atoms in total. The van der Waals surface area contributed by atoms with Crippen LogP contribution in [-0.2, 0) is 21.4 Å². The Kier molecular flexibility index (Phi) is 9.95. The van der Waals surface area contributed by atoms with Crippen molar-refractivity contribution < 1.29 is 27.5 Å². The zero-order valence-corrected chi connectivity index (χ0v) is 33.7. The molecule has 7 aromatic rings. The molecule has 3 aromatic heterocycles. The number of anilines is 1. The van der Waals surface area contributed by atoms with Gasteiger partial charge >= 0.3 is 5.97 Å². The summed E-state index contributed by atoms with van der Waals surface area (Å²) in [6, 6.07) is 23.0. The van der Waals surface area contributed by atoms with Gasteiger partial charge in [0.15, 0.2) is 5.82 Å². The standard InChI is InChI=1S/C43H35FN8O5S2/c1-22-5-15-33(40-37(22)31(19-45)21-46-40)51-59(56,57)35-16-6-26(17-32(35)44)20-47-42(55)30-13-9-28(10-14-30)27-7-11-29(12-8-27)39-38-23(2)24(3)58-43(38)52-25(4)49-50-41(52)34(48-39)18-36(53)54/h5-17,21,34,46,51H,18,20H2,1-4H3,(H,47,55)(H,53,54)/t34-/m0/s1. The molecular formula is C43H35FN8O5S2. The van der Waals surface area contributed by atoms with Gasteiger partial charge in [0.05, 0.1) is 28.9 Å². The topological polar surface area (TPSA) is 195 Å². The molecule has 0 saturated carbocycles. The molecule has 59 heavy (non-hydrogen) atoms. The van der Waals surface area contributed by atoms with Crippen molar-refractivity contribution in [1.82, 2.24) is 25.1 Å². The van der Waals surface area contributed by atoms with Gasteiger partial charge in [-0.15, -0.1) is 21.5 Å². The lowest BCUT2D eigenvalue weighted by molar-refractivity contribution is -0.137. The smallest absolute Gasteiger partial charge is 0.306 e. The zero-order valence-electron chi connectivity index (χ0n) is 32.1. The van der Waals surface area contributed by atoms with Crippen LogP contribution in [0.4, 0.5) is 10.1 Å². The van der Waals surface area contributed by atoms with Crippen LogP contribution >= 0.6 is 11.3 Å². The molecular weight excluding hydrogens is 792 g/mol. The van der Waals surface area contributed by atoms with Crippen LogP contribution in [0.5, 0.6) is 0 Å². The van der Waals surface area contributed by atoms with Crippen molar-refractivity contribution >= 4 is 55.5 Å². The van der Waals surface area contributed by atoms with Crippen LogP contribution in [-0.4, -0.2) is 50.9 Å². The highest BCUT2D eigenvalue weighted by Gasteiger charge is 2.32. The Balaban J connectivity index is 0.955. The molecule has 296 valence electrons. The lowest BCUT2D eigenvalue weighted by Gasteiger charge is -2.12. The summed E-state index contributed by atoms with van der Waals surface area (Å²) in [4.78, 5) is 33.4. The van der Waals surface area contributed by atoms with E-state index >= 15 is 4.39 Å². The highest BCUT2D eigenvalue weighted by molar-refractivity contribution is 7.92. The number of amides is 1. The van der Waals surface area contributed by atoms with E-state index in [-0.39, 0.29) is 18.7 Å². The highest BCUT2D eigenvalue weighted by Crippen LogP contribution is 2.40. The number of sulfonamides is 1. The predicted octanol–water partition coefficient (Wildman–Crippen LogP) is 7.82. The van der Waals surface area contributed by atoms with E-state index in [9.17, 15) is 28.4 Å². The number of aromatic amines is 1. The summed E-state index contributed by atoms with van der Waals surface area (Å²) in [7, 11) is -4.35. The van der Waals surface area contributed by atoms with Crippen LogP contribution in [0.3, 0.4) is 0 Å². The van der Waals surface area contributed by atoms with Crippen LogP contribution in [0.2, 0.25) is 0 Å². The average Bonchev–Trinajstić information content (AvgIpc) is 3.89. The van der Waals surface area contributed by atoms with Crippen molar-refractivity contribution in [1.29, 1.82) is 5.26 Å². The molecule has 1 amide bonds. The van der Waals surface area contributed by atoms with E-state index < -0.39 is 38.7 Å². The van der Waals surface area contributed by atoms with Crippen molar-refractivity contribution in [3.63, 3.8) is 0 Å². The number of carboxylic acid groups (broad SMARTS) is 1. The van der Waals surface area contributed by atoms with Gasteiger partial charge in [-0.25, -0.2) is 12.8 Å². The number of aliphatic carboxylic acids is 1. The maximum Gasteiger partial charge on any atom is 0.306 e. The third kappa shape index (κ3) is 7.15. The maximum absolute atomic E-state index is 15.3. The van der Waals surface area contributed by atoms with E-state index in [2.05, 4.69) is 31.3 Å². The molecule has 4 N–H and O–H groups in total. The molecule has 0 aliphatic carbocycles. The fourth-order valence-corrected chi connectivity index (χ4v) is 9.62. The summed E-state index contributed by atoms with van der Waals surface area (Å²) in [6.07, 6.45) is 1.25. The largest absolute Gasteiger partial charge is 0.481 e. The van der Waals surface area contributed by atoms with E-state index in [1.807, 2.05) is 61.7 Å². The van der Waals surface area contributed by atoms with Crippen molar-refractivity contribution in [3.05, 3.63) is 146 Å². The van der Waals surface area contributed by atoms with Gasteiger partial charge in [-0.1, -0.05) is 48.5 Å². The van der Waals surface area contributed by atoms with Gasteiger partial charge in [0.25, 0.3) is 15.9 Å². The number of rotatable bonds is 10. The fourth-order valence-electron chi connectivity index (χ4n) is 7.27. The van der Waals surface area contributed by atoms with Crippen LogP contribution in [0.15, 0.2) is 94.9 Å². The van der Waals surface area contributed by atoms with E-state index in [0.717, 1.165) is 55.4 Å². The first kappa shape index (κ1) is 38.9. The third-order valence-corrected chi connectivity index (χ3v) is 13.0. The second kappa shape index (κ2) is 15.1. The Morgan fingerprint density at radius 3 is 2.34 bits per heavy atom. The van der Waals surface area contributed by atoms with Gasteiger partial charge in [-0.3, -0.25) is 23.9 Å². The number of thiophene rings is 1. The van der Waals surface area contributed by atoms with Crippen molar-refractivity contribution in [2.75, 3.05) is 4.72 Å². The fraction of sp³-hybridized carbons (Fsp3) is 0.163. The summed E-state index contributed by atoms with van der Waals surface area (Å²) >= 11 is 1.59. The number of aryl methyl sites for hydroxylation is 3. The quantitative estimate of drug-likeness (QED) is 0.107. The van der Waals surface area contributed by atoms with Crippen LogP contribution < -0.4 is 10.0 Å².